The van der Waals surface area contributed by atoms with Crippen LogP contribution in [0.2, 0.25) is 0 Å². The lowest BCUT2D eigenvalue weighted by Crippen LogP contribution is -2.15. The first-order valence-corrected chi connectivity index (χ1v) is 4.68. The highest BCUT2D eigenvalue weighted by atomic mass is 16.5. The second-order valence-corrected chi connectivity index (χ2v) is 2.88. The van der Waals surface area contributed by atoms with E-state index in [0.29, 0.717) is 5.56 Å². The molecule has 16 heavy (non-hydrogen) atoms. The summed E-state index contributed by atoms with van der Waals surface area (Å²) in [5.41, 5.74) is 0.588. The fourth-order valence-corrected chi connectivity index (χ4v) is 0.750. The number of methoxy groups -OCH3 is 1. The van der Waals surface area contributed by atoms with Crippen LogP contribution in [0.1, 0.15) is 10.4 Å². The highest BCUT2D eigenvalue weighted by Gasteiger charge is 2.00. The number of ether oxygens (including phenoxy) is 1. The van der Waals surface area contributed by atoms with E-state index in [2.05, 4.69) is 4.74 Å². The van der Waals surface area contributed by atoms with Gasteiger partial charge in [-0.2, -0.15) is 0 Å². The lowest BCUT2D eigenvalue weighted by Gasteiger charge is -1.96. The quantitative estimate of drug-likeness (QED) is 0.624. The molecular weight excluding hydrogens is 212 g/mol. The van der Waals surface area contributed by atoms with Crippen molar-refractivity contribution in [2.45, 2.75) is 6.10 Å². The summed E-state index contributed by atoms with van der Waals surface area (Å²) in [5.74, 6) is -0.291. The molecule has 0 saturated heterocycles. The van der Waals surface area contributed by atoms with E-state index >= 15 is 0 Å². The average molecular weight is 228 g/mol. The Morgan fingerprint density at radius 3 is 2.06 bits per heavy atom. The summed E-state index contributed by atoms with van der Waals surface area (Å²) in [5, 5.41) is 24.0. The largest absolute Gasteiger partial charge is 0.465 e. The molecule has 5 heteroatoms. The predicted octanol–water partition coefficient (Wildman–Crippen LogP) is -0.195. The van der Waals surface area contributed by atoms with Crippen LogP contribution < -0.4 is 0 Å². The Bertz CT molecular complexity index is 282. The molecule has 90 valence electrons. The lowest BCUT2D eigenvalue weighted by atomic mass is 10.2. The van der Waals surface area contributed by atoms with Crippen molar-refractivity contribution >= 4 is 5.97 Å². The van der Waals surface area contributed by atoms with E-state index in [1.54, 1.807) is 24.3 Å². The number of carbonyl (C=O) groups is 1. The van der Waals surface area contributed by atoms with E-state index in [9.17, 15) is 4.79 Å². The Balaban J connectivity index is 0.000000325. The number of rotatable bonds is 3. The molecule has 5 nitrogen and oxygen atoms in total. The van der Waals surface area contributed by atoms with Gasteiger partial charge in [0.05, 0.1) is 25.9 Å². The van der Waals surface area contributed by atoms with Crippen LogP contribution in [-0.4, -0.2) is 47.7 Å². The van der Waals surface area contributed by atoms with E-state index in [4.69, 9.17) is 15.3 Å². The van der Waals surface area contributed by atoms with Crippen molar-refractivity contribution in [1.82, 2.24) is 0 Å². The molecule has 0 spiro atoms. The predicted molar refractivity (Wildman–Crippen MR) is 58.0 cm³/mol. The number of esters is 1. The molecule has 0 bridgehead atoms. The molecule has 1 rings (SSSR count). The molecule has 0 aliphatic heterocycles. The van der Waals surface area contributed by atoms with E-state index in [-0.39, 0.29) is 19.2 Å². The Labute approximate surface area is 93.9 Å². The van der Waals surface area contributed by atoms with Crippen molar-refractivity contribution in [3.05, 3.63) is 35.9 Å². The fourth-order valence-electron chi connectivity index (χ4n) is 0.750. The number of aliphatic hydroxyl groups excluding tert-OH is 3. The van der Waals surface area contributed by atoms with Crippen LogP contribution in [-0.2, 0) is 4.74 Å². The van der Waals surface area contributed by atoms with Gasteiger partial charge in [-0.05, 0) is 12.1 Å². The monoisotopic (exact) mass is 228 g/mol. The molecule has 0 atom stereocenters. The lowest BCUT2D eigenvalue weighted by molar-refractivity contribution is 0.0450. The minimum absolute atomic E-state index is 0.291. The van der Waals surface area contributed by atoms with Gasteiger partial charge in [-0.3, -0.25) is 0 Å². The molecule has 0 aromatic heterocycles. The second-order valence-electron chi connectivity index (χ2n) is 2.88. The van der Waals surface area contributed by atoms with Crippen molar-refractivity contribution < 1.29 is 24.9 Å². The van der Waals surface area contributed by atoms with Crippen LogP contribution in [0, 0.1) is 0 Å². The van der Waals surface area contributed by atoms with Crippen LogP contribution in [0.5, 0.6) is 0 Å². The Hall–Kier alpha value is -1.43. The Kier molecular flexibility index (Phi) is 8.05. The van der Waals surface area contributed by atoms with Crippen molar-refractivity contribution in [3.8, 4) is 0 Å². The highest BCUT2D eigenvalue weighted by molar-refractivity contribution is 5.89. The van der Waals surface area contributed by atoms with Crippen LogP contribution in [0.4, 0.5) is 0 Å². The molecule has 0 radical (unpaired) electrons. The number of hydrogen-bond acceptors (Lipinski definition) is 5. The summed E-state index contributed by atoms with van der Waals surface area (Å²) < 4.78 is 4.50. The van der Waals surface area contributed by atoms with Gasteiger partial charge in [0, 0.05) is 0 Å². The van der Waals surface area contributed by atoms with Crippen LogP contribution in [0.25, 0.3) is 0 Å². The average Bonchev–Trinajstić information content (AvgIpc) is 2.38. The van der Waals surface area contributed by atoms with Gasteiger partial charge in [0.2, 0.25) is 0 Å². The summed E-state index contributed by atoms with van der Waals surface area (Å²) in [4.78, 5) is 10.8. The van der Waals surface area contributed by atoms with Crippen molar-refractivity contribution in [1.29, 1.82) is 0 Å². The SMILES string of the molecule is COC(=O)c1ccccc1.OCC(O)CO. The van der Waals surface area contributed by atoms with E-state index in [1.807, 2.05) is 6.07 Å². The summed E-state index contributed by atoms with van der Waals surface area (Å²) in [6.07, 6.45) is -0.954. The summed E-state index contributed by atoms with van der Waals surface area (Å²) in [6, 6.07) is 8.88. The summed E-state index contributed by atoms with van der Waals surface area (Å²) in [7, 11) is 1.37. The van der Waals surface area contributed by atoms with Crippen LogP contribution >= 0.6 is 0 Å². The van der Waals surface area contributed by atoms with Gasteiger partial charge < -0.3 is 20.1 Å². The number of carbonyl (C=O) groups excluding carboxylic acids is 1. The Morgan fingerprint density at radius 2 is 1.75 bits per heavy atom. The first-order valence-electron chi connectivity index (χ1n) is 4.68. The van der Waals surface area contributed by atoms with Crippen LogP contribution in [0.3, 0.4) is 0 Å². The molecule has 0 saturated carbocycles. The number of aliphatic hydroxyl groups is 3. The molecule has 0 aliphatic rings. The Morgan fingerprint density at radius 1 is 1.25 bits per heavy atom. The summed E-state index contributed by atoms with van der Waals surface area (Å²) >= 11 is 0. The minimum Gasteiger partial charge on any atom is -0.465 e. The highest BCUT2D eigenvalue weighted by Crippen LogP contribution is 1.98. The van der Waals surface area contributed by atoms with Crippen molar-refractivity contribution in [3.63, 3.8) is 0 Å². The number of hydrogen-bond donors (Lipinski definition) is 3. The molecule has 1 aromatic carbocycles. The molecule has 0 amide bonds. The van der Waals surface area contributed by atoms with Gasteiger partial charge in [0.15, 0.2) is 0 Å². The zero-order valence-corrected chi connectivity index (χ0v) is 9.04. The van der Waals surface area contributed by atoms with Gasteiger partial charge in [-0.25, -0.2) is 4.79 Å². The van der Waals surface area contributed by atoms with E-state index < -0.39 is 6.10 Å². The minimum atomic E-state index is -0.954. The molecule has 0 fully saturated rings. The first-order chi connectivity index (χ1) is 7.65. The maximum absolute atomic E-state index is 10.8. The standard InChI is InChI=1S/C8H8O2.C3H8O3/c1-10-8(9)7-5-3-2-4-6-7;4-1-3(6)2-5/h2-6H,1H3;3-6H,1-2H2. The molecule has 0 aliphatic carbocycles. The zero-order chi connectivity index (χ0) is 12.4. The van der Waals surface area contributed by atoms with Gasteiger partial charge >= 0.3 is 5.97 Å². The van der Waals surface area contributed by atoms with Crippen molar-refractivity contribution in [2.75, 3.05) is 20.3 Å². The fraction of sp³-hybridized carbons (Fsp3) is 0.364. The van der Waals surface area contributed by atoms with Crippen molar-refractivity contribution in [2.24, 2.45) is 0 Å². The zero-order valence-electron chi connectivity index (χ0n) is 9.04. The van der Waals surface area contributed by atoms with E-state index in [0.717, 1.165) is 0 Å². The normalized spacial score (nSPS) is 9.31. The summed E-state index contributed by atoms with van der Waals surface area (Å²) in [6.45, 7) is -0.729. The molecule has 1 aromatic rings. The molecule has 0 heterocycles. The number of benzene rings is 1. The third kappa shape index (κ3) is 6.13. The smallest absolute Gasteiger partial charge is 0.337 e. The van der Waals surface area contributed by atoms with Gasteiger partial charge in [0.1, 0.15) is 6.10 Å². The van der Waals surface area contributed by atoms with Gasteiger partial charge in [-0.1, -0.05) is 18.2 Å². The third-order valence-corrected chi connectivity index (χ3v) is 1.62. The third-order valence-electron chi connectivity index (χ3n) is 1.62. The van der Waals surface area contributed by atoms with E-state index in [1.165, 1.54) is 7.11 Å². The van der Waals surface area contributed by atoms with Gasteiger partial charge in [-0.15, -0.1) is 0 Å². The van der Waals surface area contributed by atoms with Gasteiger partial charge in [0.25, 0.3) is 0 Å². The van der Waals surface area contributed by atoms with Crippen LogP contribution in [0.15, 0.2) is 30.3 Å². The molecule has 3 N–H and O–H groups in total. The topological polar surface area (TPSA) is 87.0 Å². The second kappa shape index (κ2) is 8.84. The maximum Gasteiger partial charge on any atom is 0.337 e. The maximum atomic E-state index is 10.8. The molecular formula is C11H16O5. The molecule has 0 unspecified atom stereocenters. The first kappa shape index (κ1) is 14.6.